The number of H-pyrrole nitrogens is 2. The number of rotatable bonds is 4. The van der Waals surface area contributed by atoms with Crippen LogP contribution in [0, 0.1) is 0 Å². The second kappa shape index (κ2) is 6.04. The summed E-state index contributed by atoms with van der Waals surface area (Å²) in [4.78, 5) is 28.1. The lowest BCUT2D eigenvalue weighted by Crippen LogP contribution is -2.39. The maximum absolute atomic E-state index is 12.6. The van der Waals surface area contributed by atoms with Gasteiger partial charge in [0.1, 0.15) is 0 Å². The number of hydrogen-bond acceptors (Lipinski definition) is 6. The number of nitrogens with zero attached hydrogens (tertiary/aromatic N) is 3. The van der Waals surface area contributed by atoms with Crippen LogP contribution in [-0.4, -0.2) is 44.3 Å². The van der Waals surface area contributed by atoms with Crippen LogP contribution >= 0.6 is 0 Å². The lowest BCUT2D eigenvalue weighted by molar-refractivity contribution is 0.0558. The van der Waals surface area contributed by atoms with Crippen molar-refractivity contribution in [3.63, 3.8) is 0 Å². The minimum atomic E-state index is -0.383. The molecular weight excluding hydrogens is 290 g/mol. The number of piperidine rings is 1. The summed E-state index contributed by atoms with van der Waals surface area (Å²) in [6, 6.07) is 1.20. The van der Waals surface area contributed by atoms with Crippen LogP contribution in [0.5, 0.6) is 5.88 Å². The van der Waals surface area contributed by atoms with Gasteiger partial charge in [0.05, 0.1) is 18.7 Å². The van der Waals surface area contributed by atoms with E-state index in [1.54, 1.807) is 4.90 Å². The van der Waals surface area contributed by atoms with Gasteiger partial charge in [-0.25, -0.2) is 9.89 Å². The van der Waals surface area contributed by atoms with Crippen LogP contribution in [0.1, 0.15) is 48.6 Å². The molecule has 1 atom stereocenters. The zero-order chi connectivity index (χ0) is 15.5. The highest BCUT2D eigenvalue weighted by Crippen LogP contribution is 2.30. The highest BCUT2D eigenvalue weighted by Gasteiger charge is 2.32. The summed E-state index contributed by atoms with van der Waals surface area (Å²) in [6.07, 6.45) is 2.59. The number of likely N-dealkylation sites (tertiary alicyclic amines) is 1. The molecule has 1 amide bonds. The lowest BCUT2D eigenvalue weighted by Gasteiger charge is -2.33. The highest BCUT2D eigenvalue weighted by atomic mass is 16.5. The van der Waals surface area contributed by atoms with Crippen molar-refractivity contribution in [1.29, 1.82) is 0 Å². The molecule has 2 N–H and O–H groups in total. The number of hydrogen-bond donors (Lipinski definition) is 2. The van der Waals surface area contributed by atoms with Crippen LogP contribution in [0.2, 0.25) is 0 Å². The predicted molar refractivity (Wildman–Crippen MR) is 74.5 cm³/mol. The number of aromatic amines is 2. The van der Waals surface area contributed by atoms with Gasteiger partial charge in [0, 0.05) is 6.54 Å². The van der Waals surface area contributed by atoms with Crippen molar-refractivity contribution in [2.75, 3.05) is 13.2 Å². The molecule has 118 valence electrons. The Bertz CT molecular complexity index is 703. The third kappa shape index (κ3) is 2.74. The summed E-state index contributed by atoms with van der Waals surface area (Å²) in [5, 5.41) is 9.97. The van der Waals surface area contributed by atoms with E-state index in [2.05, 4.69) is 20.3 Å². The number of nitrogens with one attached hydrogen (secondary N) is 2. The maximum Gasteiger partial charge on any atom is 0.340 e. The summed E-state index contributed by atoms with van der Waals surface area (Å²) >= 11 is 0. The van der Waals surface area contributed by atoms with Crippen LogP contribution in [0.15, 0.2) is 15.4 Å². The van der Waals surface area contributed by atoms with E-state index >= 15 is 0 Å². The fourth-order valence-corrected chi connectivity index (χ4v) is 2.62. The van der Waals surface area contributed by atoms with E-state index in [4.69, 9.17) is 9.26 Å². The Balaban J connectivity index is 1.83. The summed E-state index contributed by atoms with van der Waals surface area (Å²) in [6.45, 7) is 2.84. The first kappa shape index (κ1) is 14.4. The van der Waals surface area contributed by atoms with E-state index in [1.807, 2.05) is 6.92 Å². The van der Waals surface area contributed by atoms with Crippen LogP contribution in [0.3, 0.4) is 0 Å². The Labute approximate surface area is 125 Å². The zero-order valence-electron chi connectivity index (χ0n) is 12.2. The minimum absolute atomic E-state index is 0.119. The third-order valence-corrected chi connectivity index (χ3v) is 3.59. The van der Waals surface area contributed by atoms with Gasteiger partial charge in [-0.05, 0) is 31.3 Å². The molecule has 1 aliphatic heterocycles. The van der Waals surface area contributed by atoms with Crippen LogP contribution < -0.4 is 10.4 Å². The van der Waals surface area contributed by atoms with Crippen molar-refractivity contribution in [3.8, 4) is 5.88 Å². The Hall–Kier alpha value is -2.58. The predicted octanol–water partition coefficient (Wildman–Crippen LogP) is 0.852. The smallest absolute Gasteiger partial charge is 0.340 e. The van der Waals surface area contributed by atoms with Crippen LogP contribution in [0.25, 0.3) is 0 Å². The molecule has 3 heterocycles. The number of carbonyl (C=O) groups excluding carboxylic acids is 1. The molecule has 3 rings (SSSR count). The molecule has 0 radical (unpaired) electrons. The van der Waals surface area contributed by atoms with E-state index in [1.165, 1.54) is 6.07 Å². The molecule has 0 aliphatic carbocycles. The van der Waals surface area contributed by atoms with Gasteiger partial charge in [-0.15, -0.1) is 0 Å². The molecule has 2 aromatic rings. The van der Waals surface area contributed by atoms with Gasteiger partial charge in [0.2, 0.25) is 5.76 Å². The van der Waals surface area contributed by atoms with Crippen LogP contribution in [0.4, 0.5) is 0 Å². The summed E-state index contributed by atoms with van der Waals surface area (Å²) in [5.41, 5.74) is -0.383. The normalized spacial score (nSPS) is 18.4. The van der Waals surface area contributed by atoms with Gasteiger partial charge in [-0.1, -0.05) is 0 Å². The Morgan fingerprint density at radius 1 is 1.55 bits per heavy atom. The third-order valence-electron chi connectivity index (χ3n) is 3.59. The summed E-state index contributed by atoms with van der Waals surface area (Å²) < 4.78 is 10.3. The van der Waals surface area contributed by atoms with Crippen molar-refractivity contribution in [3.05, 3.63) is 28.1 Å². The van der Waals surface area contributed by atoms with Gasteiger partial charge in [-0.2, -0.15) is 5.10 Å². The average molecular weight is 307 g/mol. The van der Waals surface area contributed by atoms with Gasteiger partial charge in [0.15, 0.2) is 5.82 Å². The first-order valence-corrected chi connectivity index (χ1v) is 7.24. The van der Waals surface area contributed by atoms with E-state index in [9.17, 15) is 9.59 Å². The maximum atomic E-state index is 12.6. The molecule has 1 unspecified atom stereocenters. The molecule has 9 nitrogen and oxygen atoms in total. The second-order valence-electron chi connectivity index (χ2n) is 5.04. The molecule has 0 saturated carbocycles. The Morgan fingerprint density at radius 3 is 3.14 bits per heavy atom. The summed E-state index contributed by atoms with van der Waals surface area (Å²) in [5.74, 6) is 0.579. The van der Waals surface area contributed by atoms with Gasteiger partial charge >= 0.3 is 5.69 Å². The monoisotopic (exact) mass is 307 g/mol. The van der Waals surface area contributed by atoms with Crippen molar-refractivity contribution in [1.82, 2.24) is 25.2 Å². The van der Waals surface area contributed by atoms with E-state index in [0.29, 0.717) is 19.0 Å². The van der Waals surface area contributed by atoms with E-state index < -0.39 is 0 Å². The number of aromatic nitrogens is 4. The Kier molecular flexibility index (Phi) is 3.94. The quantitative estimate of drug-likeness (QED) is 0.864. The van der Waals surface area contributed by atoms with Gasteiger partial charge in [0.25, 0.3) is 11.8 Å². The standard InChI is InChI=1S/C13H17N5O4/c1-2-21-10-7-9(22-17-10)12(19)18-6-4-3-5-8(18)11-14-13(20)16-15-11/h7-8H,2-6H2,1H3,(H2,14,15,16,20). The van der Waals surface area contributed by atoms with Crippen molar-refractivity contribution in [2.45, 2.75) is 32.2 Å². The molecule has 0 aromatic carbocycles. The molecule has 22 heavy (non-hydrogen) atoms. The molecule has 1 fully saturated rings. The first-order chi connectivity index (χ1) is 10.7. The lowest BCUT2D eigenvalue weighted by atomic mass is 10.0. The molecule has 0 spiro atoms. The largest absolute Gasteiger partial charge is 0.476 e. The van der Waals surface area contributed by atoms with Gasteiger partial charge in [-0.3, -0.25) is 9.78 Å². The molecule has 1 aliphatic rings. The highest BCUT2D eigenvalue weighted by molar-refractivity contribution is 5.92. The Morgan fingerprint density at radius 2 is 2.41 bits per heavy atom. The topological polar surface area (TPSA) is 117 Å². The number of carbonyl (C=O) groups is 1. The van der Waals surface area contributed by atoms with Crippen molar-refractivity contribution in [2.24, 2.45) is 0 Å². The van der Waals surface area contributed by atoms with Crippen molar-refractivity contribution < 1.29 is 14.1 Å². The molecule has 0 bridgehead atoms. The average Bonchev–Trinajstić information content (AvgIpc) is 3.16. The fourth-order valence-electron chi connectivity index (χ4n) is 2.62. The number of amides is 1. The van der Waals surface area contributed by atoms with E-state index in [0.717, 1.165) is 19.3 Å². The second-order valence-corrected chi connectivity index (χ2v) is 5.04. The molecule has 9 heteroatoms. The number of ether oxygens (including phenoxy) is 1. The van der Waals surface area contributed by atoms with Crippen molar-refractivity contribution >= 4 is 5.91 Å². The fraction of sp³-hybridized carbons (Fsp3) is 0.538. The molecule has 1 saturated heterocycles. The van der Waals surface area contributed by atoms with Crippen LogP contribution in [-0.2, 0) is 0 Å². The van der Waals surface area contributed by atoms with Gasteiger partial charge < -0.3 is 14.2 Å². The molecule has 2 aromatic heterocycles. The first-order valence-electron chi connectivity index (χ1n) is 7.24. The zero-order valence-corrected chi connectivity index (χ0v) is 12.2. The molecular formula is C13H17N5O4. The SMILES string of the molecule is CCOc1cc(C(=O)N2CCCCC2c2n[nH]c(=O)[nH]2)on1. The summed E-state index contributed by atoms with van der Waals surface area (Å²) in [7, 11) is 0. The van der Waals surface area contributed by atoms with E-state index in [-0.39, 0.29) is 29.3 Å². The minimum Gasteiger partial charge on any atom is -0.476 e.